The maximum Gasteiger partial charge on any atom is 0.249 e. The lowest BCUT2D eigenvalue weighted by molar-refractivity contribution is -0.122. The molecule has 28 heavy (non-hydrogen) atoms. The van der Waals surface area contributed by atoms with Gasteiger partial charge in [-0.3, -0.25) is 4.79 Å². The highest BCUT2D eigenvalue weighted by Crippen LogP contribution is 2.26. The SMILES string of the molecule is CC[C@@H](C)[C@H](NC(=O)CCc1ccccc1)c1nc(-c2cccc(Cl)c2)no1. The Balaban J connectivity index is 1.71. The van der Waals surface area contributed by atoms with Crippen LogP contribution in [0.4, 0.5) is 0 Å². The van der Waals surface area contributed by atoms with E-state index in [1.165, 1.54) is 0 Å². The first-order chi connectivity index (χ1) is 13.6. The molecule has 3 aromatic rings. The van der Waals surface area contributed by atoms with Crippen LogP contribution in [0.1, 0.15) is 44.2 Å². The van der Waals surface area contributed by atoms with Gasteiger partial charge in [0.05, 0.1) is 0 Å². The Morgan fingerprint density at radius 2 is 1.96 bits per heavy atom. The second-order valence-electron chi connectivity index (χ2n) is 6.88. The van der Waals surface area contributed by atoms with Gasteiger partial charge in [0.2, 0.25) is 17.6 Å². The zero-order valence-electron chi connectivity index (χ0n) is 16.1. The molecular weight excluding hydrogens is 374 g/mol. The van der Waals surface area contributed by atoms with Crippen molar-refractivity contribution in [3.05, 3.63) is 71.1 Å². The summed E-state index contributed by atoms with van der Waals surface area (Å²) in [4.78, 5) is 17.0. The van der Waals surface area contributed by atoms with Crippen LogP contribution in [0.3, 0.4) is 0 Å². The summed E-state index contributed by atoms with van der Waals surface area (Å²) >= 11 is 6.05. The molecule has 1 amide bonds. The number of halogens is 1. The number of carbonyl (C=O) groups excluding carboxylic acids is 1. The van der Waals surface area contributed by atoms with Crippen molar-refractivity contribution in [3.8, 4) is 11.4 Å². The third-order valence-corrected chi connectivity index (χ3v) is 5.04. The van der Waals surface area contributed by atoms with Gasteiger partial charge < -0.3 is 9.84 Å². The lowest BCUT2D eigenvalue weighted by Crippen LogP contribution is -2.32. The van der Waals surface area contributed by atoms with Crippen LogP contribution in [0.5, 0.6) is 0 Å². The largest absolute Gasteiger partial charge is 0.344 e. The lowest BCUT2D eigenvalue weighted by atomic mass is 9.98. The van der Waals surface area contributed by atoms with E-state index >= 15 is 0 Å². The number of hydrogen-bond donors (Lipinski definition) is 1. The number of benzene rings is 2. The summed E-state index contributed by atoms with van der Waals surface area (Å²) in [5.41, 5.74) is 1.92. The van der Waals surface area contributed by atoms with E-state index in [9.17, 15) is 4.79 Å². The highest BCUT2D eigenvalue weighted by Gasteiger charge is 2.26. The number of hydrogen-bond acceptors (Lipinski definition) is 4. The van der Waals surface area contributed by atoms with Crippen molar-refractivity contribution in [2.75, 3.05) is 0 Å². The van der Waals surface area contributed by atoms with E-state index < -0.39 is 0 Å². The minimum absolute atomic E-state index is 0.0309. The molecule has 1 N–H and O–H groups in total. The minimum Gasteiger partial charge on any atom is -0.344 e. The maximum atomic E-state index is 12.5. The topological polar surface area (TPSA) is 68.0 Å². The molecule has 1 heterocycles. The van der Waals surface area contributed by atoms with Gasteiger partial charge in [-0.15, -0.1) is 0 Å². The molecule has 0 radical (unpaired) electrons. The molecular formula is C22H24ClN3O2. The van der Waals surface area contributed by atoms with Crippen LogP contribution in [0.25, 0.3) is 11.4 Å². The third kappa shape index (κ3) is 5.20. The fourth-order valence-electron chi connectivity index (χ4n) is 2.94. The van der Waals surface area contributed by atoms with E-state index in [1.807, 2.05) is 42.5 Å². The van der Waals surface area contributed by atoms with Gasteiger partial charge in [0.15, 0.2) is 0 Å². The van der Waals surface area contributed by atoms with Crippen molar-refractivity contribution < 1.29 is 9.32 Å². The minimum atomic E-state index is -0.325. The van der Waals surface area contributed by atoms with Crippen molar-refractivity contribution in [3.63, 3.8) is 0 Å². The first-order valence-electron chi connectivity index (χ1n) is 9.49. The van der Waals surface area contributed by atoms with Crippen LogP contribution in [0, 0.1) is 5.92 Å². The van der Waals surface area contributed by atoms with Gasteiger partial charge in [-0.1, -0.05) is 79.5 Å². The molecule has 0 spiro atoms. The Kier molecular flexibility index (Phi) is 6.82. The van der Waals surface area contributed by atoms with E-state index in [4.69, 9.17) is 16.1 Å². The molecule has 0 aliphatic heterocycles. The maximum absolute atomic E-state index is 12.5. The summed E-state index contributed by atoms with van der Waals surface area (Å²) in [6, 6.07) is 16.9. The second kappa shape index (κ2) is 9.51. The standard InChI is InChI=1S/C22H24ClN3O2/c1-3-15(2)20(24-19(27)13-12-16-8-5-4-6-9-16)22-25-21(26-28-22)17-10-7-11-18(23)14-17/h4-11,14-15,20H,3,12-13H2,1-2H3,(H,24,27)/t15-,20+/m1/s1. The predicted molar refractivity (Wildman–Crippen MR) is 110 cm³/mol. The summed E-state index contributed by atoms with van der Waals surface area (Å²) in [5.74, 6) is 1.01. The molecule has 2 atom stereocenters. The zero-order chi connectivity index (χ0) is 19.9. The van der Waals surface area contributed by atoms with Gasteiger partial charge in [-0.2, -0.15) is 4.98 Å². The second-order valence-corrected chi connectivity index (χ2v) is 7.32. The molecule has 0 aliphatic rings. The monoisotopic (exact) mass is 397 g/mol. The van der Waals surface area contributed by atoms with Crippen molar-refractivity contribution >= 4 is 17.5 Å². The quantitative estimate of drug-likeness (QED) is 0.565. The highest BCUT2D eigenvalue weighted by molar-refractivity contribution is 6.30. The molecule has 0 saturated heterocycles. The number of rotatable bonds is 8. The van der Waals surface area contributed by atoms with Gasteiger partial charge >= 0.3 is 0 Å². The Morgan fingerprint density at radius 1 is 1.18 bits per heavy atom. The van der Waals surface area contributed by atoms with Crippen molar-refractivity contribution in [1.82, 2.24) is 15.5 Å². The summed E-state index contributed by atoms with van der Waals surface area (Å²) in [6.07, 6.45) is 1.97. The molecule has 0 saturated carbocycles. The normalized spacial score (nSPS) is 13.1. The first-order valence-corrected chi connectivity index (χ1v) is 9.87. The van der Waals surface area contributed by atoms with Crippen molar-refractivity contribution in [1.29, 1.82) is 0 Å². The number of aromatic nitrogens is 2. The van der Waals surface area contributed by atoms with Crippen molar-refractivity contribution in [2.45, 2.75) is 39.2 Å². The molecule has 0 unspecified atom stereocenters. The zero-order valence-corrected chi connectivity index (χ0v) is 16.8. The van der Waals surface area contributed by atoms with Crippen molar-refractivity contribution in [2.24, 2.45) is 5.92 Å². The summed E-state index contributed by atoms with van der Waals surface area (Å²) in [6.45, 7) is 4.13. The van der Waals surface area contributed by atoms with Gasteiger partial charge in [-0.25, -0.2) is 0 Å². The predicted octanol–water partition coefficient (Wildman–Crippen LogP) is 5.23. The number of nitrogens with zero attached hydrogens (tertiary/aromatic N) is 2. The number of nitrogens with one attached hydrogen (secondary N) is 1. The van der Waals surface area contributed by atoms with Crippen LogP contribution in [-0.2, 0) is 11.2 Å². The smallest absolute Gasteiger partial charge is 0.249 e. The van der Waals surface area contributed by atoms with Crippen LogP contribution >= 0.6 is 11.6 Å². The third-order valence-electron chi connectivity index (χ3n) is 4.80. The Hall–Kier alpha value is -2.66. The van der Waals surface area contributed by atoms with E-state index in [0.717, 1.165) is 17.5 Å². The molecule has 2 aromatic carbocycles. The molecule has 3 rings (SSSR count). The Bertz CT molecular complexity index is 911. The van der Waals surface area contributed by atoms with Crippen LogP contribution in [-0.4, -0.2) is 16.0 Å². The average molecular weight is 398 g/mol. The number of amides is 1. The van der Waals surface area contributed by atoms with E-state index in [1.54, 1.807) is 12.1 Å². The molecule has 5 nitrogen and oxygen atoms in total. The summed E-state index contributed by atoms with van der Waals surface area (Å²) in [5, 5.41) is 7.75. The fraction of sp³-hybridized carbons (Fsp3) is 0.318. The first kappa shape index (κ1) is 20.1. The van der Waals surface area contributed by atoms with Gasteiger partial charge in [0.1, 0.15) is 6.04 Å². The Morgan fingerprint density at radius 3 is 2.68 bits per heavy atom. The van der Waals surface area contributed by atoms with E-state index in [0.29, 0.717) is 29.6 Å². The number of aryl methyl sites for hydroxylation is 1. The molecule has 6 heteroatoms. The number of carbonyl (C=O) groups is 1. The lowest BCUT2D eigenvalue weighted by Gasteiger charge is -2.20. The van der Waals surface area contributed by atoms with Gasteiger partial charge in [-0.05, 0) is 30.0 Å². The van der Waals surface area contributed by atoms with Crippen LogP contribution < -0.4 is 5.32 Å². The van der Waals surface area contributed by atoms with Crippen LogP contribution in [0.15, 0.2) is 59.1 Å². The molecule has 0 bridgehead atoms. The summed E-state index contributed by atoms with van der Waals surface area (Å²) in [7, 11) is 0. The van der Waals surface area contributed by atoms with Gasteiger partial charge in [0.25, 0.3) is 0 Å². The van der Waals surface area contributed by atoms with Gasteiger partial charge in [0, 0.05) is 17.0 Å². The van der Waals surface area contributed by atoms with E-state index in [2.05, 4.69) is 29.3 Å². The fourth-order valence-corrected chi connectivity index (χ4v) is 3.13. The summed E-state index contributed by atoms with van der Waals surface area (Å²) < 4.78 is 5.49. The molecule has 146 valence electrons. The highest BCUT2D eigenvalue weighted by atomic mass is 35.5. The average Bonchev–Trinajstić information content (AvgIpc) is 3.20. The molecule has 0 fully saturated rings. The molecule has 1 aromatic heterocycles. The Labute approximate surface area is 170 Å². The van der Waals surface area contributed by atoms with Crippen LogP contribution in [0.2, 0.25) is 5.02 Å². The molecule has 0 aliphatic carbocycles. The van der Waals surface area contributed by atoms with E-state index in [-0.39, 0.29) is 17.9 Å².